The van der Waals surface area contributed by atoms with Crippen molar-refractivity contribution in [3.63, 3.8) is 0 Å². The van der Waals surface area contributed by atoms with Crippen molar-refractivity contribution in [1.29, 1.82) is 0 Å². The molecule has 2 amide bonds. The first-order valence-corrected chi connectivity index (χ1v) is 13.3. The van der Waals surface area contributed by atoms with E-state index < -0.39 is 21.7 Å². The number of benzene rings is 1. The van der Waals surface area contributed by atoms with Crippen molar-refractivity contribution in [2.75, 3.05) is 23.3 Å². The van der Waals surface area contributed by atoms with Gasteiger partial charge in [0.2, 0.25) is 16.0 Å². The van der Waals surface area contributed by atoms with Crippen molar-refractivity contribution in [2.45, 2.75) is 62.2 Å². The number of sulfonamides is 1. The van der Waals surface area contributed by atoms with E-state index in [2.05, 4.69) is 25.3 Å². The van der Waals surface area contributed by atoms with Crippen LogP contribution in [-0.4, -0.2) is 61.2 Å². The third-order valence-electron chi connectivity index (χ3n) is 6.39. The Morgan fingerprint density at radius 1 is 1.11 bits per heavy atom. The highest BCUT2D eigenvalue weighted by atomic mass is 32.2. The lowest BCUT2D eigenvalue weighted by atomic mass is 10.0. The van der Waals surface area contributed by atoms with E-state index in [0.717, 1.165) is 0 Å². The molecule has 1 fully saturated rings. The number of aromatic nitrogens is 2. The Kier molecular flexibility index (Phi) is 6.20. The zero-order valence-electron chi connectivity index (χ0n) is 20.0. The molecule has 4 heterocycles. The Hall–Kier alpha value is -3.45. The quantitative estimate of drug-likeness (QED) is 0.478. The summed E-state index contributed by atoms with van der Waals surface area (Å²) in [5.74, 6) is 0.703. The second kappa shape index (κ2) is 9.21. The number of anilines is 3. The highest BCUT2D eigenvalue weighted by molar-refractivity contribution is 7.89. The largest absolute Gasteiger partial charge is 0.472 e. The van der Waals surface area contributed by atoms with Crippen molar-refractivity contribution in [3.8, 4) is 5.75 Å². The summed E-state index contributed by atoms with van der Waals surface area (Å²) in [6.07, 6.45) is 2.66. The van der Waals surface area contributed by atoms with Gasteiger partial charge in [0.25, 0.3) is 5.91 Å². The van der Waals surface area contributed by atoms with E-state index in [0.29, 0.717) is 42.9 Å². The smallest absolute Gasteiger partial charge is 0.407 e. The molecule has 1 aromatic heterocycles. The predicted molar refractivity (Wildman–Crippen MR) is 130 cm³/mol. The highest BCUT2D eigenvalue weighted by Crippen LogP contribution is 2.41. The molecule has 36 heavy (non-hydrogen) atoms. The Bertz CT molecular complexity index is 1280. The van der Waals surface area contributed by atoms with Gasteiger partial charge in [0.1, 0.15) is 6.10 Å². The van der Waals surface area contributed by atoms with Gasteiger partial charge in [-0.1, -0.05) is 0 Å². The second-order valence-corrected chi connectivity index (χ2v) is 11.3. The molecular formula is C23H28N6O6S. The van der Waals surface area contributed by atoms with Gasteiger partial charge in [0, 0.05) is 31.2 Å². The van der Waals surface area contributed by atoms with E-state index >= 15 is 0 Å². The Labute approximate surface area is 208 Å². The monoisotopic (exact) mass is 516 g/mol. The molecule has 2 aromatic rings. The molecule has 2 atom stereocenters. The Balaban J connectivity index is 1.50. The Morgan fingerprint density at radius 2 is 1.89 bits per heavy atom. The number of nitrogens with one attached hydrogen (secondary N) is 3. The Morgan fingerprint density at radius 3 is 2.67 bits per heavy atom. The molecule has 12 nitrogen and oxygen atoms in total. The van der Waals surface area contributed by atoms with Crippen LogP contribution >= 0.6 is 0 Å². The molecule has 3 N–H and O–H groups in total. The normalized spacial score (nSPS) is 25.2. The van der Waals surface area contributed by atoms with E-state index in [1.165, 1.54) is 18.3 Å². The minimum Gasteiger partial charge on any atom is -0.472 e. The number of hydrogen-bond acceptors (Lipinski definition) is 9. The summed E-state index contributed by atoms with van der Waals surface area (Å²) in [7, 11) is -3.71. The molecule has 6 rings (SSSR count). The van der Waals surface area contributed by atoms with E-state index in [4.69, 9.17) is 9.47 Å². The number of amides is 2. The predicted octanol–water partition coefficient (Wildman–Crippen LogP) is 2.05. The zero-order valence-corrected chi connectivity index (χ0v) is 20.8. The summed E-state index contributed by atoms with van der Waals surface area (Å²) in [5, 5.41) is 5.71. The van der Waals surface area contributed by atoms with Crippen LogP contribution in [0.3, 0.4) is 0 Å². The van der Waals surface area contributed by atoms with Crippen molar-refractivity contribution in [1.82, 2.24) is 20.0 Å². The molecule has 0 spiro atoms. The standard InChI is InChI=1S/C23H28N6O6S/c1-23(2)20(30)29-15-6-7-16(12-15)34-22(31)24-10-3-11-26-36(32,33)17-8-4-14(5-9-17)27-21-25-13-18(35-23)19(29)28-21/h4-5,8-9,13,15-16,26H,3,6-7,10-12H2,1-2H3,(H,24,31)(H,25,27,28)/t15-,16-/m0/s1. The zero-order chi connectivity index (χ0) is 25.5. The van der Waals surface area contributed by atoms with E-state index in [1.54, 1.807) is 30.9 Å². The van der Waals surface area contributed by atoms with Crippen molar-refractivity contribution < 1.29 is 27.5 Å². The van der Waals surface area contributed by atoms with Gasteiger partial charge in [-0.05, 0) is 57.4 Å². The molecule has 4 aliphatic rings. The van der Waals surface area contributed by atoms with Gasteiger partial charge in [0.05, 0.1) is 11.1 Å². The molecular weight excluding hydrogens is 488 g/mol. The summed E-state index contributed by atoms with van der Waals surface area (Å²) in [6, 6.07) is 5.93. The van der Waals surface area contributed by atoms with Gasteiger partial charge < -0.3 is 20.1 Å². The minimum atomic E-state index is -3.71. The number of nitrogens with zero attached hydrogens (tertiary/aromatic N) is 3. The van der Waals surface area contributed by atoms with E-state index in [1.807, 2.05) is 0 Å². The summed E-state index contributed by atoms with van der Waals surface area (Å²) in [4.78, 5) is 36.3. The first kappa shape index (κ1) is 24.3. The van der Waals surface area contributed by atoms with E-state index in [-0.39, 0.29) is 42.0 Å². The third-order valence-corrected chi connectivity index (χ3v) is 7.87. The number of carbonyl (C=O) groups is 2. The lowest BCUT2D eigenvalue weighted by molar-refractivity contribution is -0.133. The molecule has 1 aliphatic carbocycles. The lowest BCUT2D eigenvalue weighted by Gasteiger charge is -2.40. The number of rotatable bonds is 0. The van der Waals surface area contributed by atoms with Crippen LogP contribution in [0.2, 0.25) is 0 Å². The van der Waals surface area contributed by atoms with Gasteiger partial charge in [-0.25, -0.2) is 22.9 Å². The van der Waals surface area contributed by atoms with Gasteiger partial charge in [0.15, 0.2) is 17.2 Å². The number of ether oxygens (including phenoxy) is 2. The summed E-state index contributed by atoms with van der Waals surface area (Å²) < 4.78 is 39.1. The minimum absolute atomic E-state index is 0.102. The molecule has 0 radical (unpaired) electrons. The molecule has 3 aliphatic heterocycles. The number of carbonyl (C=O) groups excluding carboxylic acids is 2. The number of hydrogen-bond donors (Lipinski definition) is 3. The first-order valence-electron chi connectivity index (χ1n) is 11.8. The van der Waals surface area contributed by atoms with Gasteiger partial charge in [-0.2, -0.15) is 4.98 Å². The van der Waals surface area contributed by atoms with Crippen LogP contribution in [-0.2, 0) is 19.6 Å². The molecule has 6 bridgehead atoms. The van der Waals surface area contributed by atoms with Crippen LogP contribution in [0.4, 0.5) is 22.2 Å². The summed E-state index contributed by atoms with van der Waals surface area (Å²) in [5.41, 5.74) is -0.527. The second-order valence-electron chi connectivity index (χ2n) is 9.49. The van der Waals surface area contributed by atoms with Gasteiger partial charge in [-0.15, -0.1) is 0 Å². The van der Waals surface area contributed by atoms with Crippen LogP contribution in [0.15, 0.2) is 35.4 Å². The van der Waals surface area contributed by atoms with E-state index in [9.17, 15) is 18.0 Å². The topological polar surface area (TPSA) is 152 Å². The first-order chi connectivity index (χ1) is 17.1. The maximum atomic E-state index is 13.4. The maximum absolute atomic E-state index is 13.4. The molecule has 0 saturated heterocycles. The fourth-order valence-corrected chi connectivity index (χ4v) is 5.65. The van der Waals surface area contributed by atoms with Gasteiger partial charge in [-0.3, -0.25) is 9.69 Å². The number of alkyl carbamates (subject to hydrolysis) is 1. The molecule has 0 unspecified atom stereocenters. The van der Waals surface area contributed by atoms with Crippen LogP contribution in [0, 0.1) is 0 Å². The van der Waals surface area contributed by atoms with Gasteiger partial charge >= 0.3 is 6.09 Å². The third kappa shape index (κ3) is 4.80. The summed E-state index contributed by atoms with van der Waals surface area (Å²) in [6.45, 7) is 3.81. The van der Waals surface area contributed by atoms with Crippen molar-refractivity contribution in [3.05, 3.63) is 30.5 Å². The summed E-state index contributed by atoms with van der Waals surface area (Å²) >= 11 is 0. The fourth-order valence-electron chi connectivity index (χ4n) is 4.58. The average molecular weight is 517 g/mol. The molecule has 1 aromatic carbocycles. The lowest BCUT2D eigenvalue weighted by Crippen LogP contribution is -2.56. The highest BCUT2D eigenvalue weighted by Gasteiger charge is 2.47. The van der Waals surface area contributed by atoms with Crippen LogP contribution in [0.1, 0.15) is 39.5 Å². The maximum Gasteiger partial charge on any atom is 0.407 e. The molecule has 192 valence electrons. The fraction of sp³-hybridized carbons (Fsp3) is 0.478. The van der Waals surface area contributed by atoms with Crippen molar-refractivity contribution in [2.24, 2.45) is 0 Å². The van der Waals surface area contributed by atoms with Crippen LogP contribution < -0.4 is 25.0 Å². The molecule has 13 heteroatoms. The number of fused-ring (bicyclic) bond motifs is 9. The van der Waals surface area contributed by atoms with Crippen LogP contribution in [0.5, 0.6) is 5.75 Å². The van der Waals surface area contributed by atoms with Crippen molar-refractivity contribution >= 4 is 39.5 Å². The van der Waals surface area contributed by atoms with Crippen LogP contribution in [0.25, 0.3) is 0 Å². The average Bonchev–Trinajstić information content (AvgIpc) is 3.27. The molecule has 1 saturated carbocycles. The SMILES string of the molecule is CC1(C)Oc2cnc3nc2N(C1=O)[C@H]1CC[C@@H](C1)OC(=O)NCCCNS(=O)(=O)c1ccc(cc1)N3.